The molecule has 2 N–H and O–H groups in total. The Morgan fingerprint density at radius 1 is 1.16 bits per heavy atom. The minimum absolute atomic E-state index is 0.295. The summed E-state index contributed by atoms with van der Waals surface area (Å²) in [5, 5.41) is 6.33. The number of aromatic nitrogens is 3. The van der Waals surface area contributed by atoms with Crippen molar-refractivity contribution in [3.63, 3.8) is 0 Å². The van der Waals surface area contributed by atoms with Gasteiger partial charge in [0.05, 0.1) is 12.2 Å². The molecule has 0 spiro atoms. The molecule has 0 aliphatic heterocycles. The summed E-state index contributed by atoms with van der Waals surface area (Å²) in [6.45, 7) is 4.81. The van der Waals surface area contributed by atoms with E-state index < -0.39 is 0 Å². The lowest BCUT2D eigenvalue weighted by atomic mass is 10.2. The van der Waals surface area contributed by atoms with Gasteiger partial charge in [-0.1, -0.05) is 19.9 Å². The van der Waals surface area contributed by atoms with Gasteiger partial charge in [-0.25, -0.2) is 9.97 Å². The van der Waals surface area contributed by atoms with E-state index in [1.807, 2.05) is 31.3 Å². The number of nitrogens with zero attached hydrogens (tertiary/aromatic N) is 3. The minimum atomic E-state index is 0.295. The zero-order valence-corrected chi connectivity index (χ0v) is 11.5. The van der Waals surface area contributed by atoms with Crippen LogP contribution < -0.4 is 10.6 Å². The first-order valence-corrected chi connectivity index (χ1v) is 6.39. The average molecular weight is 257 g/mol. The maximum Gasteiger partial charge on any atom is 0.135 e. The Kier molecular flexibility index (Phi) is 4.28. The Labute approximate surface area is 113 Å². The molecule has 0 atom stereocenters. The third-order valence-corrected chi connectivity index (χ3v) is 2.69. The molecule has 5 heteroatoms. The van der Waals surface area contributed by atoms with E-state index in [4.69, 9.17) is 0 Å². The summed E-state index contributed by atoms with van der Waals surface area (Å²) in [7, 11) is 1.86. The summed E-state index contributed by atoms with van der Waals surface area (Å²) < 4.78 is 0. The fourth-order valence-electron chi connectivity index (χ4n) is 1.63. The lowest BCUT2D eigenvalue weighted by Gasteiger charge is -2.11. The lowest BCUT2D eigenvalue weighted by Crippen LogP contribution is -2.08. The number of anilines is 2. The van der Waals surface area contributed by atoms with Crippen LogP contribution in [-0.4, -0.2) is 22.0 Å². The Morgan fingerprint density at radius 3 is 2.58 bits per heavy atom. The van der Waals surface area contributed by atoms with Crippen LogP contribution in [-0.2, 0) is 6.54 Å². The number of pyridine rings is 1. The summed E-state index contributed by atoms with van der Waals surface area (Å²) in [4.78, 5) is 13.2. The first-order valence-electron chi connectivity index (χ1n) is 6.39. The highest BCUT2D eigenvalue weighted by atomic mass is 15.1. The molecule has 5 nitrogen and oxygen atoms in total. The topological polar surface area (TPSA) is 62.7 Å². The van der Waals surface area contributed by atoms with Gasteiger partial charge in [0.25, 0.3) is 0 Å². The largest absolute Gasteiger partial charge is 0.373 e. The summed E-state index contributed by atoms with van der Waals surface area (Å²) in [5.41, 5.74) is 0.984. The second-order valence-corrected chi connectivity index (χ2v) is 4.58. The molecule has 2 aromatic heterocycles. The molecule has 0 saturated heterocycles. The lowest BCUT2D eigenvalue weighted by molar-refractivity contribution is 0.775. The third-order valence-electron chi connectivity index (χ3n) is 2.69. The second kappa shape index (κ2) is 6.13. The van der Waals surface area contributed by atoms with Crippen LogP contribution >= 0.6 is 0 Å². The highest BCUT2D eigenvalue weighted by Gasteiger charge is 2.07. The number of rotatable bonds is 5. The van der Waals surface area contributed by atoms with Crippen molar-refractivity contribution < 1.29 is 0 Å². The van der Waals surface area contributed by atoms with Crippen molar-refractivity contribution in [3.05, 3.63) is 42.0 Å². The van der Waals surface area contributed by atoms with Gasteiger partial charge >= 0.3 is 0 Å². The van der Waals surface area contributed by atoms with Crippen LogP contribution in [0.25, 0.3) is 0 Å². The van der Waals surface area contributed by atoms with Gasteiger partial charge in [-0.2, -0.15) is 0 Å². The Hall–Kier alpha value is -2.17. The molecule has 2 aromatic rings. The summed E-state index contributed by atoms with van der Waals surface area (Å²) in [6.07, 6.45) is 1.79. The van der Waals surface area contributed by atoms with Crippen molar-refractivity contribution in [1.82, 2.24) is 15.0 Å². The Morgan fingerprint density at radius 2 is 1.95 bits per heavy atom. The van der Waals surface area contributed by atoms with Crippen LogP contribution in [0.4, 0.5) is 11.6 Å². The fourth-order valence-corrected chi connectivity index (χ4v) is 1.63. The van der Waals surface area contributed by atoms with Gasteiger partial charge in [0, 0.05) is 25.2 Å². The van der Waals surface area contributed by atoms with Crippen LogP contribution in [0.2, 0.25) is 0 Å². The van der Waals surface area contributed by atoms with Crippen LogP contribution in [0.15, 0.2) is 30.5 Å². The van der Waals surface area contributed by atoms with E-state index in [-0.39, 0.29) is 0 Å². The Bertz CT molecular complexity index is 525. The molecule has 2 rings (SSSR count). The summed E-state index contributed by atoms with van der Waals surface area (Å²) in [6, 6.07) is 7.76. The molecule has 0 unspecified atom stereocenters. The van der Waals surface area contributed by atoms with Crippen molar-refractivity contribution in [2.24, 2.45) is 0 Å². The van der Waals surface area contributed by atoms with Gasteiger partial charge < -0.3 is 10.6 Å². The molecule has 0 aliphatic rings. The molecule has 0 fully saturated rings. The molecule has 0 aromatic carbocycles. The van der Waals surface area contributed by atoms with Crippen LogP contribution in [0, 0.1) is 0 Å². The highest BCUT2D eigenvalue weighted by Crippen LogP contribution is 2.17. The van der Waals surface area contributed by atoms with E-state index in [2.05, 4.69) is 39.4 Å². The standard InChI is InChI=1S/C14H19N5/c1-10(2)14-18-12(15-3)8-13(19-14)17-9-11-6-4-5-7-16-11/h4-8,10H,9H2,1-3H3,(H2,15,17,18,19). The molecule has 19 heavy (non-hydrogen) atoms. The summed E-state index contributed by atoms with van der Waals surface area (Å²) in [5.74, 6) is 2.76. The second-order valence-electron chi connectivity index (χ2n) is 4.58. The predicted octanol–water partition coefficient (Wildman–Crippen LogP) is 2.65. The van der Waals surface area contributed by atoms with Gasteiger partial charge in [-0.3, -0.25) is 4.98 Å². The van der Waals surface area contributed by atoms with E-state index >= 15 is 0 Å². The van der Waals surface area contributed by atoms with Gasteiger partial charge in [0.2, 0.25) is 0 Å². The number of hydrogen-bond acceptors (Lipinski definition) is 5. The van der Waals surface area contributed by atoms with Gasteiger partial charge in [0.1, 0.15) is 17.5 Å². The smallest absolute Gasteiger partial charge is 0.135 e. The third kappa shape index (κ3) is 3.64. The van der Waals surface area contributed by atoms with E-state index in [9.17, 15) is 0 Å². The zero-order chi connectivity index (χ0) is 13.7. The van der Waals surface area contributed by atoms with Gasteiger partial charge in [-0.15, -0.1) is 0 Å². The molecule has 0 saturated carbocycles. The molecule has 0 radical (unpaired) electrons. The normalized spacial score (nSPS) is 10.5. The molecule has 0 amide bonds. The van der Waals surface area contributed by atoms with E-state index in [0.717, 1.165) is 23.2 Å². The molecular weight excluding hydrogens is 238 g/mol. The van der Waals surface area contributed by atoms with Crippen molar-refractivity contribution in [3.8, 4) is 0 Å². The monoisotopic (exact) mass is 257 g/mol. The van der Waals surface area contributed by atoms with Crippen LogP contribution in [0.5, 0.6) is 0 Å². The molecule has 0 aliphatic carbocycles. The first-order chi connectivity index (χ1) is 9.19. The van der Waals surface area contributed by atoms with Crippen LogP contribution in [0.1, 0.15) is 31.3 Å². The molecule has 0 bridgehead atoms. The SMILES string of the molecule is CNc1cc(NCc2ccccn2)nc(C(C)C)n1. The molecule has 100 valence electrons. The highest BCUT2D eigenvalue weighted by molar-refractivity contribution is 5.47. The van der Waals surface area contributed by atoms with E-state index in [1.54, 1.807) is 6.20 Å². The maximum atomic E-state index is 4.51. The zero-order valence-electron chi connectivity index (χ0n) is 11.5. The number of hydrogen-bond donors (Lipinski definition) is 2. The van der Waals surface area contributed by atoms with Crippen molar-refractivity contribution in [2.45, 2.75) is 26.3 Å². The van der Waals surface area contributed by atoms with Crippen molar-refractivity contribution in [2.75, 3.05) is 17.7 Å². The van der Waals surface area contributed by atoms with Crippen molar-refractivity contribution >= 4 is 11.6 Å². The first kappa shape index (κ1) is 13.3. The van der Waals surface area contributed by atoms with Crippen molar-refractivity contribution in [1.29, 1.82) is 0 Å². The van der Waals surface area contributed by atoms with E-state index in [1.165, 1.54) is 0 Å². The minimum Gasteiger partial charge on any atom is -0.373 e. The molecular formula is C14H19N5. The Balaban J connectivity index is 2.13. The van der Waals surface area contributed by atoms with E-state index in [0.29, 0.717) is 12.5 Å². The maximum absolute atomic E-state index is 4.51. The molecule has 2 heterocycles. The van der Waals surface area contributed by atoms with Gasteiger partial charge in [-0.05, 0) is 12.1 Å². The van der Waals surface area contributed by atoms with Gasteiger partial charge in [0.15, 0.2) is 0 Å². The number of nitrogens with one attached hydrogen (secondary N) is 2. The predicted molar refractivity (Wildman–Crippen MR) is 77.2 cm³/mol. The quantitative estimate of drug-likeness (QED) is 0.862. The van der Waals surface area contributed by atoms with Crippen LogP contribution in [0.3, 0.4) is 0 Å². The summed E-state index contributed by atoms with van der Waals surface area (Å²) >= 11 is 0. The average Bonchev–Trinajstić information content (AvgIpc) is 2.45. The fraction of sp³-hybridized carbons (Fsp3) is 0.357.